The van der Waals surface area contributed by atoms with Crippen molar-refractivity contribution in [1.29, 1.82) is 0 Å². The standard InChI is InChI=1S/C29H42O3/c1-25(2)22-11-9-20-19(27(22,5)15-14-23(25)31)13-17-28(6)18(12-16-29(20,28)7)8-10-21(30)24-26(3,4)32-24/h8-10,18-19,22,24H,11-17H2,1-7H3/b10-8+/t18-,19+,22+,24?,27-,28+,29-/m1/s1. The topological polar surface area (TPSA) is 46.7 Å². The van der Waals surface area contributed by atoms with E-state index in [9.17, 15) is 9.59 Å². The summed E-state index contributed by atoms with van der Waals surface area (Å²) in [5.74, 6) is 2.07. The summed E-state index contributed by atoms with van der Waals surface area (Å²) in [6, 6.07) is 0. The maximum Gasteiger partial charge on any atom is 0.187 e. The molecule has 1 unspecified atom stereocenters. The molecule has 7 atom stereocenters. The van der Waals surface area contributed by atoms with Crippen LogP contribution in [0.1, 0.15) is 93.4 Å². The number of carbonyl (C=O) groups is 2. The molecule has 0 spiro atoms. The number of Topliss-reactive ketones (excluding diaryl/α,β-unsaturated/α-hetero) is 1. The second-order valence-corrected chi connectivity index (χ2v) is 13.4. The number of carbonyl (C=O) groups excluding carboxylic acids is 2. The van der Waals surface area contributed by atoms with E-state index >= 15 is 0 Å². The summed E-state index contributed by atoms with van der Waals surface area (Å²) < 4.78 is 5.56. The summed E-state index contributed by atoms with van der Waals surface area (Å²) in [5, 5.41) is 0. The van der Waals surface area contributed by atoms with Crippen LogP contribution in [0.25, 0.3) is 0 Å². The quantitative estimate of drug-likeness (QED) is 0.288. The van der Waals surface area contributed by atoms with Crippen LogP contribution < -0.4 is 0 Å². The first kappa shape index (κ1) is 22.6. The summed E-state index contributed by atoms with van der Waals surface area (Å²) in [4.78, 5) is 25.4. The number of ketones is 2. The van der Waals surface area contributed by atoms with Crippen molar-refractivity contribution in [2.75, 3.05) is 0 Å². The first-order chi connectivity index (χ1) is 14.8. The van der Waals surface area contributed by atoms with Gasteiger partial charge in [0.15, 0.2) is 5.78 Å². The summed E-state index contributed by atoms with van der Waals surface area (Å²) >= 11 is 0. The number of ether oxygens (including phenoxy) is 1. The van der Waals surface area contributed by atoms with Gasteiger partial charge in [0, 0.05) is 11.8 Å². The number of epoxide rings is 1. The largest absolute Gasteiger partial charge is 0.358 e. The Hall–Kier alpha value is -1.22. The molecular formula is C29H42O3. The molecule has 0 aromatic carbocycles. The monoisotopic (exact) mass is 438 g/mol. The summed E-state index contributed by atoms with van der Waals surface area (Å²) in [6.45, 7) is 15.9. The van der Waals surface area contributed by atoms with Gasteiger partial charge in [-0.3, -0.25) is 9.59 Å². The van der Waals surface area contributed by atoms with Crippen molar-refractivity contribution in [1.82, 2.24) is 0 Å². The van der Waals surface area contributed by atoms with Crippen molar-refractivity contribution < 1.29 is 14.3 Å². The molecule has 4 fully saturated rings. The fourth-order valence-electron chi connectivity index (χ4n) is 8.83. The van der Waals surface area contributed by atoms with Crippen LogP contribution in [0.4, 0.5) is 0 Å². The smallest absolute Gasteiger partial charge is 0.187 e. The molecule has 176 valence electrons. The van der Waals surface area contributed by atoms with E-state index in [1.54, 1.807) is 5.57 Å². The molecule has 0 N–H and O–H groups in total. The summed E-state index contributed by atoms with van der Waals surface area (Å²) in [5.41, 5.74) is 1.78. The molecule has 1 saturated heterocycles. The molecule has 32 heavy (non-hydrogen) atoms. The SMILES string of the molecule is CC1(C)OC1C(=O)/C=C/[C@@H]1CC[C@]2(C)C3=CC[C@H]4C(C)(C)C(=O)CC[C@]4(C)[C@H]3CC[C@@]12C. The van der Waals surface area contributed by atoms with Crippen molar-refractivity contribution in [3.63, 3.8) is 0 Å². The number of allylic oxidation sites excluding steroid dienone is 3. The summed E-state index contributed by atoms with van der Waals surface area (Å²) in [6.07, 6.45) is 14.0. The number of fused-ring (bicyclic) bond motifs is 5. The minimum atomic E-state index is -0.290. The second kappa shape index (κ2) is 6.68. The van der Waals surface area contributed by atoms with Crippen molar-refractivity contribution in [2.24, 2.45) is 39.4 Å². The van der Waals surface area contributed by atoms with Crippen molar-refractivity contribution in [2.45, 2.75) is 105 Å². The third-order valence-corrected chi connectivity index (χ3v) is 11.4. The van der Waals surface area contributed by atoms with Gasteiger partial charge in [0.05, 0.1) is 5.60 Å². The molecule has 0 aromatic heterocycles. The van der Waals surface area contributed by atoms with Crippen LogP contribution in [0, 0.1) is 39.4 Å². The Morgan fingerprint density at radius 1 is 1.03 bits per heavy atom. The molecule has 1 aliphatic heterocycles. The van der Waals surface area contributed by atoms with Crippen LogP contribution >= 0.6 is 0 Å². The van der Waals surface area contributed by atoms with E-state index in [1.165, 1.54) is 19.3 Å². The Bertz CT molecular complexity index is 923. The average molecular weight is 439 g/mol. The van der Waals surface area contributed by atoms with Gasteiger partial charge in [-0.25, -0.2) is 0 Å². The molecule has 3 saturated carbocycles. The van der Waals surface area contributed by atoms with Gasteiger partial charge in [-0.15, -0.1) is 0 Å². The van der Waals surface area contributed by atoms with E-state index < -0.39 is 0 Å². The Kier molecular flexibility index (Phi) is 4.71. The van der Waals surface area contributed by atoms with Gasteiger partial charge in [-0.1, -0.05) is 52.3 Å². The fraction of sp³-hybridized carbons (Fsp3) is 0.793. The number of hydrogen-bond donors (Lipinski definition) is 0. The lowest BCUT2D eigenvalue weighted by Crippen LogP contribution is -2.56. The predicted octanol–water partition coefficient (Wildman–Crippen LogP) is 6.46. The third kappa shape index (κ3) is 2.82. The van der Waals surface area contributed by atoms with Gasteiger partial charge in [0.1, 0.15) is 11.9 Å². The molecule has 0 amide bonds. The Morgan fingerprint density at radius 2 is 1.72 bits per heavy atom. The zero-order valence-electron chi connectivity index (χ0n) is 21.2. The highest BCUT2D eigenvalue weighted by atomic mass is 16.6. The number of hydrogen-bond acceptors (Lipinski definition) is 3. The molecule has 0 aromatic rings. The zero-order valence-corrected chi connectivity index (χ0v) is 21.2. The highest BCUT2D eigenvalue weighted by Gasteiger charge is 2.64. The fourth-order valence-corrected chi connectivity index (χ4v) is 8.83. The van der Waals surface area contributed by atoms with Crippen molar-refractivity contribution in [3.05, 3.63) is 23.8 Å². The molecule has 5 rings (SSSR count). The maximum absolute atomic E-state index is 12.8. The van der Waals surface area contributed by atoms with Crippen LogP contribution in [0.2, 0.25) is 0 Å². The van der Waals surface area contributed by atoms with Crippen molar-refractivity contribution in [3.8, 4) is 0 Å². The van der Waals surface area contributed by atoms with Gasteiger partial charge < -0.3 is 4.74 Å². The summed E-state index contributed by atoms with van der Waals surface area (Å²) in [7, 11) is 0. The Balaban J connectivity index is 1.43. The van der Waals surface area contributed by atoms with Crippen molar-refractivity contribution >= 4 is 11.6 Å². The van der Waals surface area contributed by atoms with E-state index in [1.807, 2.05) is 19.9 Å². The highest BCUT2D eigenvalue weighted by molar-refractivity contribution is 5.96. The lowest BCUT2D eigenvalue weighted by molar-refractivity contribution is -0.145. The molecular weight excluding hydrogens is 396 g/mol. The molecule has 1 heterocycles. The highest BCUT2D eigenvalue weighted by Crippen LogP contribution is 2.72. The van der Waals surface area contributed by atoms with Gasteiger partial charge in [0.25, 0.3) is 0 Å². The minimum Gasteiger partial charge on any atom is -0.358 e. The molecule has 0 bridgehead atoms. The van der Waals surface area contributed by atoms with E-state index in [0.29, 0.717) is 23.5 Å². The van der Waals surface area contributed by atoms with Crippen LogP contribution in [-0.4, -0.2) is 23.3 Å². The van der Waals surface area contributed by atoms with Gasteiger partial charge >= 0.3 is 0 Å². The van der Waals surface area contributed by atoms with E-state index in [4.69, 9.17) is 4.74 Å². The number of rotatable bonds is 3. The Morgan fingerprint density at radius 3 is 2.38 bits per heavy atom. The minimum absolute atomic E-state index is 0.127. The first-order valence-electron chi connectivity index (χ1n) is 12.9. The Labute approximate surface area is 194 Å². The normalized spacial score (nSPS) is 48.6. The lowest BCUT2D eigenvalue weighted by Gasteiger charge is -2.62. The van der Waals surface area contributed by atoms with E-state index in [2.05, 4.69) is 46.8 Å². The molecule has 4 aliphatic carbocycles. The van der Waals surface area contributed by atoms with Crippen LogP contribution in [0.15, 0.2) is 23.8 Å². The van der Waals surface area contributed by atoms with Crippen LogP contribution in [0.3, 0.4) is 0 Å². The van der Waals surface area contributed by atoms with Crippen LogP contribution in [0.5, 0.6) is 0 Å². The molecule has 0 radical (unpaired) electrons. The molecule has 3 heteroatoms. The van der Waals surface area contributed by atoms with Crippen LogP contribution in [-0.2, 0) is 14.3 Å². The molecule has 5 aliphatic rings. The average Bonchev–Trinajstić information content (AvgIpc) is 3.27. The van der Waals surface area contributed by atoms with E-state index in [-0.39, 0.29) is 39.1 Å². The first-order valence-corrected chi connectivity index (χ1v) is 12.9. The van der Waals surface area contributed by atoms with Gasteiger partial charge in [-0.2, -0.15) is 0 Å². The van der Waals surface area contributed by atoms with E-state index in [0.717, 1.165) is 25.7 Å². The maximum atomic E-state index is 12.8. The predicted molar refractivity (Wildman–Crippen MR) is 127 cm³/mol. The molecule has 3 nitrogen and oxygen atoms in total. The lowest BCUT2D eigenvalue weighted by atomic mass is 9.41. The second-order valence-electron chi connectivity index (χ2n) is 13.4. The van der Waals surface area contributed by atoms with Gasteiger partial charge in [0.2, 0.25) is 0 Å². The third-order valence-electron chi connectivity index (χ3n) is 11.4. The van der Waals surface area contributed by atoms with Gasteiger partial charge in [-0.05, 0) is 92.4 Å². The zero-order chi connectivity index (χ0) is 23.3.